The molecule has 0 radical (unpaired) electrons. The zero-order valence-corrected chi connectivity index (χ0v) is 33.8. The number of fused-ring (bicyclic) bond motifs is 9. The maximum absolute atomic E-state index is 13.4. The molecule has 0 aliphatic carbocycles. The Balaban J connectivity index is 0.000000173. The number of hydrogen-bond donors (Lipinski definition) is 2. The lowest BCUT2D eigenvalue weighted by atomic mass is 9.89. The monoisotopic (exact) mass is 802 g/mol. The number of benzene rings is 2. The van der Waals surface area contributed by atoms with Crippen LogP contribution in [0.25, 0.3) is 44.6 Å². The van der Waals surface area contributed by atoms with E-state index in [0.29, 0.717) is 54.3 Å². The molecule has 0 fully saturated rings. The summed E-state index contributed by atoms with van der Waals surface area (Å²) in [5.74, 6) is -0.781. The van der Waals surface area contributed by atoms with Crippen molar-refractivity contribution >= 4 is 34.2 Å². The number of aromatic nitrogens is 4. The van der Waals surface area contributed by atoms with Gasteiger partial charge in [-0.3, -0.25) is 19.0 Å². The molecule has 0 spiro atoms. The molecule has 59 heavy (non-hydrogen) atoms. The second kappa shape index (κ2) is 16.3. The van der Waals surface area contributed by atoms with Crippen LogP contribution in [0.2, 0.25) is 0 Å². The smallest absolute Gasteiger partial charge is 0.342 e. The van der Waals surface area contributed by atoms with Crippen LogP contribution in [0.4, 0.5) is 0 Å². The molecule has 2 aromatic carbocycles. The van der Waals surface area contributed by atoms with Crippen molar-refractivity contribution in [3.63, 3.8) is 0 Å². The van der Waals surface area contributed by atoms with Gasteiger partial charge in [0, 0.05) is 34.6 Å². The van der Waals surface area contributed by atoms with Gasteiger partial charge in [-0.2, -0.15) is 0 Å². The van der Waals surface area contributed by atoms with Crippen LogP contribution >= 0.6 is 0 Å². The fourth-order valence-electron chi connectivity index (χ4n) is 7.76. The standard InChI is InChI=1S/C22H20N2O6.C21H20N2O4.C2H6/c1-22(27)15-10-17-18-13(9-12-5-3-4-6-16(12)23-18)20(29-8-7-28-2)24(17)19(25)14(15)11-30-21(22)26;1-3-21(2,26)16-9-18-19-14(8-13-6-4-5-7-17(13)22-19)10-23(18)20(25)15(16)11-27-12-24;1-2/h3-6,9-10,20,27H,7-8,11H2,1-2H3;4-9,12,26H,3,10-11H2,1-2H3;1-2H3/t20-,22-;21-;/m00./s1. The summed E-state index contributed by atoms with van der Waals surface area (Å²) in [5.41, 5.74) is 3.35. The lowest BCUT2D eigenvalue weighted by molar-refractivity contribution is -0.169. The van der Waals surface area contributed by atoms with Gasteiger partial charge in [0.1, 0.15) is 13.2 Å². The maximum Gasteiger partial charge on any atom is 0.342 e. The van der Waals surface area contributed by atoms with Gasteiger partial charge in [-0.25, -0.2) is 14.8 Å². The highest BCUT2D eigenvalue weighted by atomic mass is 16.6. The number of nitrogens with zero attached hydrogens (tertiary/aromatic N) is 4. The molecule has 14 heteroatoms. The van der Waals surface area contributed by atoms with Gasteiger partial charge in [-0.05, 0) is 62.2 Å². The molecule has 0 unspecified atom stereocenters. The minimum atomic E-state index is -1.91. The minimum Gasteiger partial charge on any atom is -0.463 e. The van der Waals surface area contributed by atoms with Crippen LogP contribution in [0.15, 0.2) is 82.4 Å². The van der Waals surface area contributed by atoms with Gasteiger partial charge in [0.2, 0.25) is 0 Å². The van der Waals surface area contributed by atoms with Crippen LogP contribution in [0, 0.1) is 0 Å². The zero-order valence-electron chi connectivity index (χ0n) is 33.8. The number of carbonyl (C=O) groups is 2. The third-order valence-corrected chi connectivity index (χ3v) is 11.0. The number of esters is 1. The second-order valence-electron chi connectivity index (χ2n) is 14.6. The number of rotatable bonds is 9. The van der Waals surface area contributed by atoms with Crippen LogP contribution in [-0.2, 0) is 59.5 Å². The average molecular weight is 803 g/mol. The van der Waals surface area contributed by atoms with E-state index in [0.717, 1.165) is 38.6 Å². The molecule has 306 valence electrons. The van der Waals surface area contributed by atoms with E-state index in [2.05, 4.69) is 0 Å². The number of para-hydroxylation sites is 2. The van der Waals surface area contributed by atoms with Crippen molar-refractivity contribution in [2.75, 3.05) is 20.3 Å². The van der Waals surface area contributed by atoms with Crippen LogP contribution in [0.5, 0.6) is 0 Å². The van der Waals surface area contributed by atoms with E-state index in [-0.39, 0.29) is 42.1 Å². The summed E-state index contributed by atoms with van der Waals surface area (Å²) >= 11 is 0. The second-order valence-corrected chi connectivity index (χ2v) is 14.6. The van der Waals surface area contributed by atoms with E-state index >= 15 is 0 Å². The molecule has 7 heterocycles. The van der Waals surface area contributed by atoms with E-state index in [1.165, 1.54) is 11.5 Å². The summed E-state index contributed by atoms with van der Waals surface area (Å²) in [5, 5.41) is 23.5. The Morgan fingerprint density at radius 2 is 1.59 bits per heavy atom. The Kier molecular flexibility index (Phi) is 11.4. The van der Waals surface area contributed by atoms with E-state index < -0.39 is 23.4 Å². The highest BCUT2D eigenvalue weighted by Crippen LogP contribution is 2.42. The molecule has 9 rings (SSSR count). The van der Waals surface area contributed by atoms with E-state index in [1.54, 1.807) is 24.7 Å². The van der Waals surface area contributed by atoms with Crippen molar-refractivity contribution in [3.05, 3.63) is 127 Å². The van der Waals surface area contributed by atoms with E-state index in [1.807, 2.05) is 87.5 Å². The third kappa shape index (κ3) is 7.11. The van der Waals surface area contributed by atoms with Crippen LogP contribution < -0.4 is 11.1 Å². The SMILES string of the molecule is CC.CC[C@](C)(O)c1cc2n(c(=O)c1COC=O)Cc1cc3ccccc3nc1-2.COCCO[C@H]1c2cc3ccccc3nc2-c2cc3c(c(=O)n21)COC(=O)[C@@]3(C)O. The third-order valence-electron chi connectivity index (χ3n) is 11.0. The molecule has 14 nitrogen and oxygen atoms in total. The maximum atomic E-state index is 13.4. The predicted octanol–water partition coefficient (Wildman–Crippen LogP) is 5.59. The average Bonchev–Trinajstić information content (AvgIpc) is 3.76. The zero-order chi connectivity index (χ0) is 42.2. The van der Waals surface area contributed by atoms with Gasteiger partial charge in [0.25, 0.3) is 17.6 Å². The first kappa shape index (κ1) is 41.1. The first-order valence-electron chi connectivity index (χ1n) is 19.5. The van der Waals surface area contributed by atoms with Crippen LogP contribution in [0.1, 0.15) is 80.6 Å². The summed E-state index contributed by atoms with van der Waals surface area (Å²) < 4.78 is 24.2. The fourth-order valence-corrected chi connectivity index (χ4v) is 7.76. The molecule has 2 N–H and O–H groups in total. The molecule has 6 aromatic rings. The fraction of sp³-hybridized carbons (Fsp3) is 0.333. The summed E-state index contributed by atoms with van der Waals surface area (Å²) in [6.07, 6.45) is -0.273. The molecular weight excluding hydrogens is 757 g/mol. The lowest BCUT2D eigenvalue weighted by Gasteiger charge is -2.30. The normalized spacial score (nSPS) is 17.8. The van der Waals surface area contributed by atoms with E-state index in [4.69, 9.17) is 28.9 Å². The van der Waals surface area contributed by atoms with Crippen molar-refractivity contribution in [2.24, 2.45) is 0 Å². The molecule has 3 atom stereocenters. The molecule has 3 aliphatic heterocycles. The van der Waals surface area contributed by atoms with Gasteiger partial charge in [-0.15, -0.1) is 0 Å². The Labute approximate surface area is 339 Å². The highest BCUT2D eigenvalue weighted by Gasteiger charge is 2.44. The largest absolute Gasteiger partial charge is 0.463 e. The molecular formula is C45H46N4O10. The van der Waals surface area contributed by atoms with Crippen molar-refractivity contribution in [2.45, 2.75) is 78.2 Å². The molecule has 0 saturated carbocycles. The number of cyclic esters (lactones) is 1. The Morgan fingerprint density at radius 3 is 2.25 bits per heavy atom. The Morgan fingerprint density at radius 1 is 0.932 bits per heavy atom. The predicted molar refractivity (Wildman–Crippen MR) is 219 cm³/mol. The highest BCUT2D eigenvalue weighted by molar-refractivity contribution is 5.87. The quantitative estimate of drug-likeness (QED) is 0.105. The van der Waals surface area contributed by atoms with Gasteiger partial charge in [0.15, 0.2) is 11.8 Å². The number of pyridine rings is 4. The molecule has 0 amide bonds. The van der Waals surface area contributed by atoms with Gasteiger partial charge >= 0.3 is 5.97 Å². The van der Waals surface area contributed by atoms with Gasteiger partial charge < -0.3 is 33.7 Å². The lowest BCUT2D eigenvalue weighted by Crippen LogP contribution is -2.43. The molecule has 3 aliphatic rings. The van der Waals surface area contributed by atoms with Crippen molar-refractivity contribution in [3.8, 4) is 22.8 Å². The summed E-state index contributed by atoms with van der Waals surface area (Å²) in [6.45, 7) is 9.84. The summed E-state index contributed by atoms with van der Waals surface area (Å²) in [6, 6.07) is 22.9. The van der Waals surface area contributed by atoms with Crippen LogP contribution in [-0.4, -0.2) is 62.1 Å². The van der Waals surface area contributed by atoms with Gasteiger partial charge in [-0.1, -0.05) is 57.2 Å². The van der Waals surface area contributed by atoms with E-state index in [9.17, 15) is 29.4 Å². The van der Waals surface area contributed by atoms with Crippen molar-refractivity contribution in [1.82, 2.24) is 19.1 Å². The minimum absolute atomic E-state index is 0.167. The van der Waals surface area contributed by atoms with Gasteiger partial charge in [0.05, 0.1) is 70.3 Å². The van der Waals surface area contributed by atoms with Crippen LogP contribution in [0.3, 0.4) is 0 Å². The number of hydrogen-bond acceptors (Lipinski definition) is 12. The summed E-state index contributed by atoms with van der Waals surface area (Å²) in [7, 11) is 1.58. The summed E-state index contributed by atoms with van der Waals surface area (Å²) in [4.78, 5) is 58.9. The molecule has 4 aromatic heterocycles. The first-order chi connectivity index (χ1) is 28.4. The molecule has 0 saturated heterocycles. The van der Waals surface area contributed by atoms with Crippen molar-refractivity contribution < 1.29 is 38.7 Å². The van der Waals surface area contributed by atoms with Crippen molar-refractivity contribution in [1.29, 1.82) is 0 Å². The Bertz CT molecular complexity index is 2740. The first-order valence-corrected chi connectivity index (χ1v) is 19.5. The number of methoxy groups -OCH3 is 1. The number of ether oxygens (including phenoxy) is 4. The topological polar surface area (TPSA) is 181 Å². The molecule has 0 bridgehead atoms. The Hall–Kier alpha value is -6.06. The number of aliphatic hydroxyl groups is 2. The number of carbonyl (C=O) groups excluding carboxylic acids is 2.